The predicted octanol–water partition coefficient (Wildman–Crippen LogP) is 14.0. The third-order valence-corrected chi connectivity index (χ3v) is 11.6. The number of para-hydroxylation sites is 4. The van der Waals surface area contributed by atoms with Crippen LogP contribution in [0.25, 0.3) is 99.2 Å². The molecule has 11 aromatic rings. The molecule has 3 aromatic heterocycles. The maximum atomic E-state index is 6.74. The van der Waals surface area contributed by atoms with Crippen LogP contribution in [0.15, 0.2) is 179 Å². The van der Waals surface area contributed by atoms with Gasteiger partial charge in [-0.1, -0.05) is 97.9 Å². The lowest BCUT2D eigenvalue weighted by atomic mass is 9.92. The summed E-state index contributed by atoms with van der Waals surface area (Å²) < 4.78 is 11.5. The Kier molecular flexibility index (Phi) is 6.92. The van der Waals surface area contributed by atoms with Gasteiger partial charge in [0.05, 0.1) is 27.5 Å². The second-order valence-electron chi connectivity index (χ2n) is 14.1. The Morgan fingerprint density at radius 2 is 1.09 bits per heavy atom. The Balaban J connectivity index is 1.07. The molecule has 3 heterocycles. The fourth-order valence-electron chi connectivity index (χ4n) is 8.72. The molecule has 0 atom stereocenters. The molecule has 0 radical (unpaired) electrons. The molecule has 4 heteroatoms. The van der Waals surface area contributed by atoms with Gasteiger partial charge in [-0.25, -0.2) is 0 Å². The lowest BCUT2D eigenvalue weighted by Crippen LogP contribution is -1.96. The van der Waals surface area contributed by atoms with Crippen LogP contribution in [0.3, 0.4) is 0 Å². The van der Waals surface area contributed by atoms with Gasteiger partial charge in [-0.2, -0.15) is 0 Å². The Hall–Kier alpha value is -6.49. The van der Waals surface area contributed by atoms with Crippen LogP contribution in [0.5, 0.6) is 0 Å². The molecule has 0 N–H and O–H groups in total. The van der Waals surface area contributed by atoms with Crippen LogP contribution in [-0.4, -0.2) is 9.13 Å². The molecule has 11 rings (SSSR count). The Labute approximate surface area is 317 Å². The van der Waals surface area contributed by atoms with E-state index in [1.165, 1.54) is 43.8 Å². The van der Waals surface area contributed by atoms with Crippen LogP contribution in [0.4, 0.5) is 0 Å². The van der Waals surface area contributed by atoms with Gasteiger partial charge in [0.15, 0.2) is 0 Å². The molecule has 0 spiro atoms. The van der Waals surface area contributed by atoms with Gasteiger partial charge in [-0.15, -0.1) is 12.6 Å². The molecule has 3 nitrogen and oxygen atoms in total. The number of benzene rings is 8. The minimum absolute atomic E-state index is 0.889. The first-order valence-corrected chi connectivity index (χ1v) is 19.0. The van der Waals surface area contributed by atoms with Crippen LogP contribution in [0, 0.1) is 0 Å². The number of aromatic nitrogens is 2. The van der Waals surface area contributed by atoms with E-state index in [4.69, 9.17) is 17.0 Å². The summed E-state index contributed by atoms with van der Waals surface area (Å²) in [6.45, 7) is 2.23. The summed E-state index contributed by atoms with van der Waals surface area (Å²) in [4.78, 5) is 0.960. The fraction of sp³-hybridized carbons (Fsp3) is 0.0400. The number of hydrogen-bond acceptors (Lipinski definition) is 2. The van der Waals surface area contributed by atoms with E-state index in [0.717, 1.165) is 72.2 Å². The summed E-state index contributed by atoms with van der Waals surface area (Å²) in [6.07, 6.45) is 0.917. The number of thiol groups is 1. The molecule has 8 aromatic carbocycles. The fourth-order valence-corrected chi connectivity index (χ4v) is 8.98. The van der Waals surface area contributed by atoms with E-state index in [-0.39, 0.29) is 0 Å². The van der Waals surface area contributed by atoms with E-state index >= 15 is 0 Å². The number of aryl methyl sites for hydroxylation is 1. The topological polar surface area (TPSA) is 23.0 Å². The van der Waals surface area contributed by atoms with Crippen molar-refractivity contribution in [2.75, 3.05) is 0 Å². The van der Waals surface area contributed by atoms with Gasteiger partial charge in [0.2, 0.25) is 0 Å². The van der Waals surface area contributed by atoms with Crippen molar-refractivity contribution in [2.45, 2.75) is 18.2 Å². The van der Waals surface area contributed by atoms with Crippen molar-refractivity contribution in [3.63, 3.8) is 0 Å². The summed E-state index contributed by atoms with van der Waals surface area (Å²) in [5.74, 6) is 0. The molecular formula is C50H34N2OS. The van der Waals surface area contributed by atoms with Crippen molar-refractivity contribution in [2.24, 2.45) is 0 Å². The van der Waals surface area contributed by atoms with Gasteiger partial charge in [-0.3, -0.25) is 0 Å². The first kappa shape index (κ1) is 31.1. The van der Waals surface area contributed by atoms with E-state index in [9.17, 15) is 0 Å². The molecule has 0 fully saturated rings. The molecule has 0 bridgehead atoms. The molecule has 0 saturated carbocycles. The number of rotatable bonds is 5. The molecule has 0 saturated heterocycles. The van der Waals surface area contributed by atoms with Crippen molar-refractivity contribution in [3.8, 4) is 33.6 Å². The van der Waals surface area contributed by atoms with Crippen LogP contribution >= 0.6 is 12.6 Å². The third kappa shape index (κ3) is 4.57. The molecule has 0 unspecified atom stereocenters. The minimum Gasteiger partial charge on any atom is -0.455 e. The van der Waals surface area contributed by atoms with Crippen molar-refractivity contribution in [1.29, 1.82) is 0 Å². The minimum atomic E-state index is 0.889. The molecule has 0 amide bonds. The van der Waals surface area contributed by atoms with E-state index in [1.807, 2.05) is 0 Å². The first-order valence-electron chi connectivity index (χ1n) is 18.6. The summed E-state index contributed by atoms with van der Waals surface area (Å²) >= 11 is 5.05. The predicted molar refractivity (Wildman–Crippen MR) is 230 cm³/mol. The van der Waals surface area contributed by atoms with Gasteiger partial charge in [0.1, 0.15) is 11.2 Å². The maximum Gasteiger partial charge on any atom is 0.145 e. The third-order valence-electron chi connectivity index (χ3n) is 11.2. The average molecular weight is 711 g/mol. The highest BCUT2D eigenvalue weighted by Crippen LogP contribution is 2.43. The molecule has 256 valence electrons. The number of furan rings is 1. The van der Waals surface area contributed by atoms with E-state index < -0.39 is 0 Å². The van der Waals surface area contributed by atoms with Crippen LogP contribution < -0.4 is 0 Å². The van der Waals surface area contributed by atoms with Gasteiger partial charge in [0.25, 0.3) is 0 Å². The van der Waals surface area contributed by atoms with Gasteiger partial charge in [0, 0.05) is 43.2 Å². The second-order valence-corrected chi connectivity index (χ2v) is 14.6. The van der Waals surface area contributed by atoms with Gasteiger partial charge in [-0.05, 0) is 113 Å². The normalized spacial score (nSPS) is 12.0. The van der Waals surface area contributed by atoms with E-state index in [0.29, 0.717) is 0 Å². The van der Waals surface area contributed by atoms with Crippen molar-refractivity contribution < 1.29 is 4.42 Å². The largest absolute Gasteiger partial charge is 0.455 e. The highest BCUT2D eigenvalue weighted by Gasteiger charge is 2.20. The highest BCUT2D eigenvalue weighted by molar-refractivity contribution is 7.80. The number of hydrogen-bond donors (Lipinski definition) is 1. The Morgan fingerprint density at radius 3 is 1.83 bits per heavy atom. The molecule has 0 aliphatic carbocycles. The van der Waals surface area contributed by atoms with Crippen LogP contribution in [0.2, 0.25) is 0 Å². The quantitative estimate of drug-likeness (QED) is 0.177. The first-order chi connectivity index (χ1) is 26.7. The molecule has 0 aliphatic rings. The SMILES string of the molecule is CCc1ccc(-c2ccc3oc4c(ccc5c4c4ccccc4n5-c4ccccc4)c3c2)cc1-c1cc(-n2c3ccccc3c3ccccc32)ccc1S. The van der Waals surface area contributed by atoms with Crippen molar-refractivity contribution >= 4 is 78.2 Å². The lowest BCUT2D eigenvalue weighted by Gasteiger charge is -2.16. The zero-order chi connectivity index (χ0) is 35.9. The molecule has 0 aliphatic heterocycles. The highest BCUT2D eigenvalue weighted by atomic mass is 32.1. The Morgan fingerprint density at radius 1 is 0.463 bits per heavy atom. The summed E-state index contributed by atoms with van der Waals surface area (Å²) in [6, 6.07) is 61.2. The molecule has 54 heavy (non-hydrogen) atoms. The zero-order valence-electron chi connectivity index (χ0n) is 29.6. The molecular weight excluding hydrogens is 677 g/mol. The monoisotopic (exact) mass is 710 g/mol. The summed E-state index contributed by atoms with van der Waals surface area (Å²) in [7, 11) is 0. The Bertz CT molecular complexity index is 3220. The zero-order valence-corrected chi connectivity index (χ0v) is 30.5. The van der Waals surface area contributed by atoms with Crippen LogP contribution in [-0.2, 0) is 6.42 Å². The lowest BCUT2D eigenvalue weighted by molar-refractivity contribution is 0.673. The standard InChI is InChI=1S/C50H34N2OS/c1-2-31-20-21-32(28-40(31)42-30-35(23-27-48(42)54)52-43-17-9-6-14-36(43)37-15-7-10-18-44(37)52)33-22-26-47-41(29-33)38-24-25-46-49(50(38)53-47)39-16-8-11-19-45(39)51(46)34-12-4-3-5-13-34/h3-30,54H,2H2,1H3. The smallest absolute Gasteiger partial charge is 0.145 e. The average Bonchev–Trinajstić information content (AvgIpc) is 3.89. The summed E-state index contributed by atoms with van der Waals surface area (Å²) in [5, 5.41) is 7.08. The van der Waals surface area contributed by atoms with E-state index in [1.54, 1.807) is 0 Å². The van der Waals surface area contributed by atoms with Crippen LogP contribution in [0.1, 0.15) is 12.5 Å². The second kappa shape index (κ2) is 12.0. The van der Waals surface area contributed by atoms with E-state index in [2.05, 4.69) is 186 Å². The maximum absolute atomic E-state index is 6.74. The number of nitrogens with zero attached hydrogens (tertiary/aromatic N) is 2. The van der Waals surface area contributed by atoms with Gasteiger partial charge < -0.3 is 13.6 Å². The van der Waals surface area contributed by atoms with Crippen molar-refractivity contribution in [1.82, 2.24) is 9.13 Å². The summed E-state index contributed by atoms with van der Waals surface area (Å²) in [5.41, 5.74) is 14.7. The number of fused-ring (bicyclic) bond motifs is 10. The van der Waals surface area contributed by atoms with Crippen molar-refractivity contribution in [3.05, 3.63) is 175 Å². The van der Waals surface area contributed by atoms with Gasteiger partial charge >= 0.3 is 0 Å².